The van der Waals surface area contributed by atoms with Crippen LogP contribution in [0.5, 0.6) is 0 Å². The molecule has 4 rings (SSSR count). The Hall–Kier alpha value is -1.93. The summed E-state index contributed by atoms with van der Waals surface area (Å²) in [5, 5.41) is 33.8. The molecular formula is C33H55NO7. The normalized spacial score (nSPS) is 35.2. The molecule has 41 heavy (non-hydrogen) atoms. The number of carbonyl (C=O) groups is 3. The Morgan fingerprint density at radius 3 is 2.15 bits per heavy atom. The summed E-state index contributed by atoms with van der Waals surface area (Å²) < 4.78 is 0. The number of carboxylic acids is 3. The van der Waals surface area contributed by atoms with Gasteiger partial charge in [0.15, 0.2) is 5.60 Å². The first-order valence-electron chi connectivity index (χ1n) is 15.9. The molecule has 8 heteroatoms. The molecule has 4 aliphatic rings. The smallest absolute Gasteiger partial charge is 0.336 e. The maximum atomic E-state index is 10.3. The van der Waals surface area contributed by atoms with E-state index in [1.54, 1.807) is 5.57 Å². The van der Waals surface area contributed by atoms with Crippen molar-refractivity contribution in [2.45, 2.75) is 130 Å². The van der Waals surface area contributed by atoms with Crippen LogP contribution in [0.4, 0.5) is 0 Å². The molecule has 0 aromatic rings. The molecule has 0 amide bonds. The fourth-order valence-electron chi connectivity index (χ4n) is 9.43. The maximum Gasteiger partial charge on any atom is 0.336 e. The highest BCUT2D eigenvalue weighted by molar-refractivity contribution is 5.88. The minimum atomic E-state index is -2.74. The first-order valence-corrected chi connectivity index (χ1v) is 15.9. The minimum absolute atomic E-state index is 0.423. The fourth-order valence-corrected chi connectivity index (χ4v) is 9.43. The van der Waals surface area contributed by atoms with Crippen molar-refractivity contribution in [3.05, 3.63) is 11.6 Å². The summed E-state index contributed by atoms with van der Waals surface area (Å²) in [6, 6.07) is 0.423. The number of fused-ring (bicyclic) bond motifs is 5. The second kappa shape index (κ2) is 13.2. The Morgan fingerprint density at radius 1 is 0.951 bits per heavy atom. The molecule has 4 aliphatic carbocycles. The Bertz CT molecular complexity index is 976. The summed E-state index contributed by atoms with van der Waals surface area (Å²) in [7, 11) is 0. The number of rotatable bonds is 10. The Labute approximate surface area is 246 Å². The summed E-state index contributed by atoms with van der Waals surface area (Å²) in [5.41, 5.74) is 6.44. The Kier molecular flexibility index (Phi) is 10.8. The predicted octanol–water partition coefficient (Wildman–Crippen LogP) is 6.11. The van der Waals surface area contributed by atoms with Crippen LogP contribution in [0.25, 0.3) is 0 Å². The van der Waals surface area contributed by atoms with Crippen molar-refractivity contribution in [1.29, 1.82) is 0 Å². The van der Waals surface area contributed by atoms with Gasteiger partial charge in [-0.25, -0.2) is 4.79 Å². The van der Waals surface area contributed by atoms with Gasteiger partial charge in [0.1, 0.15) is 0 Å². The van der Waals surface area contributed by atoms with Gasteiger partial charge in [-0.1, -0.05) is 65.5 Å². The van der Waals surface area contributed by atoms with Gasteiger partial charge in [-0.05, 0) is 97.7 Å². The molecule has 0 aliphatic heterocycles. The van der Waals surface area contributed by atoms with Crippen molar-refractivity contribution in [2.75, 3.05) is 0 Å². The zero-order valence-electron chi connectivity index (χ0n) is 25.9. The highest BCUT2D eigenvalue weighted by Crippen LogP contribution is 2.67. The second-order valence-corrected chi connectivity index (χ2v) is 14.8. The topological polar surface area (TPSA) is 158 Å². The zero-order chi connectivity index (χ0) is 30.8. The molecule has 0 aromatic carbocycles. The number of nitrogens with two attached hydrogens (primary N) is 1. The number of hydrogen-bond donors (Lipinski definition) is 5. The highest BCUT2D eigenvalue weighted by atomic mass is 16.4. The highest BCUT2D eigenvalue weighted by Gasteiger charge is 2.59. The van der Waals surface area contributed by atoms with E-state index in [0.29, 0.717) is 16.9 Å². The minimum Gasteiger partial charge on any atom is -0.481 e. The van der Waals surface area contributed by atoms with Crippen LogP contribution < -0.4 is 5.73 Å². The van der Waals surface area contributed by atoms with E-state index in [1.165, 1.54) is 70.6 Å². The van der Waals surface area contributed by atoms with Crippen LogP contribution in [-0.4, -0.2) is 50.0 Å². The van der Waals surface area contributed by atoms with E-state index < -0.39 is 36.4 Å². The van der Waals surface area contributed by atoms with E-state index in [9.17, 15) is 14.4 Å². The van der Waals surface area contributed by atoms with Gasteiger partial charge < -0.3 is 26.2 Å². The van der Waals surface area contributed by atoms with Gasteiger partial charge >= 0.3 is 17.9 Å². The van der Waals surface area contributed by atoms with Gasteiger partial charge in [0.05, 0.1) is 12.8 Å². The van der Waals surface area contributed by atoms with Crippen LogP contribution >= 0.6 is 0 Å². The molecule has 0 radical (unpaired) electrons. The van der Waals surface area contributed by atoms with E-state index in [0.717, 1.165) is 35.5 Å². The Morgan fingerprint density at radius 2 is 1.59 bits per heavy atom. The summed E-state index contributed by atoms with van der Waals surface area (Å²) in [5.74, 6) is 0.611. The zero-order valence-corrected chi connectivity index (χ0v) is 25.9. The number of carboxylic acid groups (broad SMARTS) is 3. The maximum absolute atomic E-state index is 10.3. The first-order chi connectivity index (χ1) is 19.0. The summed E-state index contributed by atoms with van der Waals surface area (Å²) in [6.07, 6.45) is 15.8. The number of aliphatic carboxylic acids is 3. The lowest BCUT2D eigenvalue weighted by atomic mass is 9.47. The molecule has 0 spiro atoms. The first kappa shape index (κ1) is 33.6. The van der Waals surface area contributed by atoms with Gasteiger partial charge in [-0.15, -0.1) is 0 Å². The summed E-state index contributed by atoms with van der Waals surface area (Å²) >= 11 is 0. The quantitative estimate of drug-likeness (QED) is 0.195. The van der Waals surface area contributed by atoms with E-state index in [-0.39, 0.29) is 0 Å². The molecule has 0 saturated heterocycles. The fraction of sp³-hybridized carbons (Fsp3) is 0.848. The third-order valence-corrected chi connectivity index (χ3v) is 11.6. The SMILES string of the molecule is CC(C)CCCC(C)[C@H]1CC[C@H]2[C@@H]3CC=C4C[C@H](N)CC[C@]4(C)[C@H]3CC[C@]12C.O=C(O)CC(O)(CC(=O)O)C(=O)O. The Balaban J connectivity index is 0.000000302. The molecule has 0 bridgehead atoms. The van der Waals surface area contributed by atoms with E-state index in [2.05, 4.69) is 40.7 Å². The largest absolute Gasteiger partial charge is 0.481 e. The lowest BCUT2D eigenvalue weighted by molar-refractivity contribution is -0.170. The van der Waals surface area contributed by atoms with Gasteiger partial charge in [0.25, 0.3) is 0 Å². The van der Waals surface area contributed by atoms with Crippen molar-refractivity contribution in [1.82, 2.24) is 0 Å². The summed E-state index contributed by atoms with van der Waals surface area (Å²) in [6.45, 7) is 12.7. The molecule has 1 unspecified atom stereocenters. The van der Waals surface area contributed by atoms with E-state index in [4.69, 9.17) is 26.2 Å². The summed E-state index contributed by atoms with van der Waals surface area (Å²) in [4.78, 5) is 30.5. The average molecular weight is 578 g/mol. The van der Waals surface area contributed by atoms with Crippen LogP contribution in [0.2, 0.25) is 0 Å². The molecule has 0 aromatic heterocycles. The number of hydrogen-bond acceptors (Lipinski definition) is 5. The van der Waals surface area contributed by atoms with Crippen LogP contribution in [-0.2, 0) is 14.4 Å². The van der Waals surface area contributed by atoms with Gasteiger partial charge in [0.2, 0.25) is 0 Å². The van der Waals surface area contributed by atoms with Crippen LogP contribution in [0, 0.1) is 46.3 Å². The van der Waals surface area contributed by atoms with Crippen molar-refractivity contribution in [3.63, 3.8) is 0 Å². The molecule has 3 fully saturated rings. The molecule has 234 valence electrons. The van der Waals surface area contributed by atoms with Crippen LogP contribution in [0.1, 0.15) is 118 Å². The third kappa shape index (κ3) is 7.35. The predicted molar refractivity (Wildman–Crippen MR) is 158 cm³/mol. The van der Waals surface area contributed by atoms with Gasteiger partial charge in [-0.2, -0.15) is 0 Å². The molecule has 3 saturated carbocycles. The second-order valence-electron chi connectivity index (χ2n) is 14.8. The van der Waals surface area contributed by atoms with Crippen LogP contribution in [0.3, 0.4) is 0 Å². The van der Waals surface area contributed by atoms with Crippen LogP contribution in [0.15, 0.2) is 11.6 Å². The van der Waals surface area contributed by atoms with E-state index >= 15 is 0 Å². The monoisotopic (exact) mass is 577 g/mol. The van der Waals surface area contributed by atoms with Crippen molar-refractivity contribution in [2.24, 2.45) is 52.1 Å². The standard InChI is InChI=1S/C27H47N.C6H8O7/c1-18(2)7-6-8-19(3)23-11-12-24-22-10-9-20-17-21(28)13-15-26(20,4)25(22)14-16-27(23,24)5;7-3(8)1-6(13,5(11)12)2-4(9)10/h9,18-19,21-25H,6-8,10-17,28H2,1-5H3;13H,1-2H2,(H,7,8)(H,9,10)(H,11,12)/t19?,21-,22+,23-,24+,25+,26+,27-;/m1./s1. The van der Waals surface area contributed by atoms with Gasteiger partial charge in [-0.3, -0.25) is 9.59 Å². The molecule has 8 atom stereocenters. The lowest BCUT2D eigenvalue weighted by Crippen LogP contribution is -2.51. The number of aliphatic hydroxyl groups is 1. The van der Waals surface area contributed by atoms with Crippen molar-refractivity contribution < 1.29 is 34.8 Å². The molecule has 0 heterocycles. The lowest BCUT2D eigenvalue weighted by Gasteiger charge is -2.58. The average Bonchev–Trinajstić information content (AvgIpc) is 3.21. The molecule has 6 N–H and O–H groups in total. The van der Waals surface area contributed by atoms with Crippen molar-refractivity contribution >= 4 is 17.9 Å². The van der Waals surface area contributed by atoms with E-state index in [1.807, 2.05) is 0 Å². The molecule has 8 nitrogen and oxygen atoms in total. The third-order valence-electron chi connectivity index (χ3n) is 11.6. The van der Waals surface area contributed by atoms with Gasteiger partial charge in [0, 0.05) is 6.04 Å². The number of allylic oxidation sites excluding steroid dienone is 1. The molecular weight excluding hydrogens is 522 g/mol. The van der Waals surface area contributed by atoms with Crippen molar-refractivity contribution in [3.8, 4) is 0 Å².